The first-order valence-electron chi connectivity index (χ1n) is 13.8. The van der Waals surface area contributed by atoms with Crippen molar-refractivity contribution in [3.8, 4) is 5.75 Å². The lowest BCUT2D eigenvalue weighted by atomic mass is 9.75. The predicted octanol–water partition coefficient (Wildman–Crippen LogP) is 3.81. The van der Waals surface area contributed by atoms with Crippen LogP contribution in [0.2, 0.25) is 0 Å². The zero-order valence-corrected chi connectivity index (χ0v) is 23.2. The Morgan fingerprint density at radius 2 is 1.82 bits per heavy atom. The molecule has 4 rings (SSSR count). The number of aryl methyl sites for hydroxylation is 1. The maximum absolute atomic E-state index is 14.2. The van der Waals surface area contributed by atoms with Crippen LogP contribution >= 0.6 is 0 Å². The summed E-state index contributed by atoms with van der Waals surface area (Å²) >= 11 is 0. The van der Waals surface area contributed by atoms with Crippen molar-refractivity contribution in [1.29, 1.82) is 0 Å². The zero-order chi connectivity index (χ0) is 28.7. The molecule has 1 saturated carbocycles. The molecule has 1 saturated heterocycles. The normalized spacial score (nSPS) is 20.8. The lowest BCUT2D eigenvalue weighted by molar-refractivity contribution is -0.154. The van der Waals surface area contributed by atoms with Gasteiger partial charge in [0.25, 0.3) is 0 Å². The third-order valence-electron chi connectivity index (χ3n) is 7.66. The molecular formula is C30H39FN2O7. The Labute approximate surface area is 234 Å². The molecule has 9 nitrogen and oxygen atoms in total. The van der Waals surface area contributed by atoms with E-state index in [0.717, 1.165) is 41.7 Å². The van der Waals surface area contributed by atoms with Crippen molar-refractivity contribution < 1.29 is 38.4 Å². The molecule has 0 radical (unpaired) electrons. The van der Waals surface area contributed by atoms with Crippen molar-refractivity contribution in [1.82, 2.24) is 9.80 Å². The van der Waals surface area contributed by atoms with Gasteiger partial charge in [0, 0.05) is 46.5 Å². The Morgan fingerprint density at radius 3 is 2.50 bits per heavy atom. The second-order valence-corrected chi connectivity index (χ2v) is 10.6. The van der Waals surface area contributed by atoms with Crippen molar-refractivity contribution >= 4 is 12.0 Å². The maximum atomic E-state index is 14.2. The molecule has 1 aliphatic carbocycles. The quantitative estimate of drug-likeness (QED) is 0.360. The van der Waals surface area contributed by atoms with E-state index in [1.54, 1.807) is 25.2 Å². The van der Waals surface area contributed by atoms with Gasteiger partial charge in [-0.25, -0.2) is 9.18 Å². The molecule has 2 amide bonds. The molecule has 218 valence electrons. The number of nitrogens with zero attached hydrogens (tertiary/aromatic N) is 2. The van der Waals surface area contributed by atoms with E-state index in [1.807, 2.05) is 18.2 Å². The van der Waals surface area contributed by atoms with E-state index >= 15 is 0 Å². The fourth-order valence-corrected chi connectivity index (χ4v) is 5.38. The van der Waals surface area contributed by atoms with Gasteiger partial charge < -0.3 is 34.2 Å². The smallest absolute Gasteiger partial charge is 0.407 e. The Hall–Kier alpha value is -3.21. The summed E-state index contributed by atoms with van der Waals surface area (Å²) in [5, 5.41) is 21.5. The molecule has 2 aromatic rings. The number of carboxylic acid groups (broad SMARTS) is 1. The van der Waals surface area contributed by atoms with E-state index in [1.165, 1.54) is 18.2 Å². The number of piperidine rings is 1. The second-order valence-electron chi connectivity index (χ2n) is 10.6. The predicted molar refractivity (Wildman–Crippen MR) is 146 cm³/mol. The molecule has 10 heteroatoms. The Bertz CT molecular complexity index is 1150. The van der Waals surface area contributed by atoms with E-state index in [-0.39, 0.29) is 43.6 Å². The van der Waals surface area contributed by atoms with Crippen LogP contribution < -0.4 is 4.74 Å². The highest BCUT2D eigenvalue weighted by Gasteiger charge is 2.50. The number of aliphatic hydroxyl groups is 1. The molecular weight excluding hydrogens is 519 g/mol. The molecule has 40 heavy (non-hydrogen) atoms. The first kappa shape index (κ1) is 29.8. The molecule has 2 aromatic carbocycles. The SMILES string of the molecule is COCCCc1cc(CN(C(=O)[C@H]2CN(C(=O)O)CC[C@]2(O)c2cccc(F)c2)C2CC2)cc(OCCOC)c1. The van der Waals surface area contributed by atoms with E-state index in [0.29, 0.717) is 25.6 Å². The largest absolute Gasteiger partial charge is 0.491 e. The van der Waals surface area contributed by atoms with Gasteiger partial charge in [-0.2, -0.15) is 0 Å². The zero-order valence-electron chi connectivity index (χ0n) is 23.2. The highest BCUT2D eigenvalue weighted by Crippen LogP contribution is 2.41. The average Bonchev–Trinajstić information content (AvgIpc) is 3.77. The Kier molecular flexibility index (Phi) is 9.99. The molecule has 2 fully saturated rings. The number of carbonyl (C=O) groups excluding carboxylic acids is 1. The van der Waals surface area contributed by atoms with E-state index in [2.05, 4.69) is 0 Å². The molecule has 0 bridgehead atoms. The van der Waals surface area contributed by atoms with Crippen LogP contribution in [-0.2, 0) is 32.8 Å². The summed E-state index contributed by atoms with van der Waals surface area (Å²) in [6, 6.07) is 11.5. The minimum absolute atomic E-state index is 0.00978. The number of ether oxygens (including phenoxy) is 3. The van der Waals surface area contributed by atoms with Gasteiger partial charge in [-0.3, -0.25) is 4.79 Å². The summed E-state index contributed by atoms with van der Waals surface area (Å²) in [6.45, 7) is 1.60. The third-order valence-corrected chi connectivity index (χ3v) is 7.66. The summed E-state index contributed by atoms with van der Waals surface area (Å²) in [7, 11) is 3.27. The van der Waals surface area contributed by atoms with Gasteiger partial charge in [0.05, 0.1) is 12.5 Å². The molecule has 0 unspecified atom stereocenters. The minimum Gasteiger partial charge on any atom is -0.491 e. The van der Waals surface area contributed by atoms with Crippen LogP contribution in [0, 0.1) is 11.7 Å². The summed E-state index contributed by atoms with van der Waals surface area (Å²) < 4.78 is 30.4. The summed E-state index contributed by atoms with van der Waals surface area (Å²) in [5.74, 6) is -1.27. The number of hydrogen-bond acceptors (Lipinski definition) is 6. The van der Waals surface area contributed by atoms with Gasteiger partial charge in [0.1, 0.15) is 23.8 Å². The van der Waals surface area contributed by atoms with Gasteiger partial charge >= 0.3 is 6.09 Å². The number of benzene rings is 2. The number of carbonyl (C=O) groups is 2. The first-order chi connectivity index (χ1) is 19.2. The lowest BCUT2D eigenvalue weighted by Gasteiger charge is -2.45. The minimum atomic E-state index is -1.70. The average molecular weight is 559 g/mol. The Balaban J connectivity index is 1.63. The second kappa shape index (κ2) is 13.4. The van der Waals surface area contributed by atoms with Crippen molar-refractivity contribution in [3.05, 3.63) is 65.0 Å². The first-order valence-corrected chi connectivity index (χ1v) is 13.8. The van der Waals surface area contributed by atoms with E-state index in [4.69, 9.17) is 14.2 Å². The van der Waals surface area contributed by atoms with Gasteiger partial charge in [-0.15, -0.1) is 0 Å². The number of methoxy groups -OCH3 is 2. The van der Waals surface area contributed by atoms with Crippen LogP contribution in [0.4, 0.5) is 9.18 Å². The number of rotatable bonds is 13. The molecule has 1 heterocycles. The Morgan fingerprint density at radius 1 is 1.07 bits per heavy atom. The highest BCUT2D eigenvalue weighted by molar-refractivity contribution is 5.82. The highest BCUT2D eigenvalue weighted by atomic mass is 19.1. The third kappa shape index (κ3) is 7.30. The number of likely N-dealkylation sites (tertiary alicyclic amines) is 1. The van der Waals surface area contributed by atoms with Gasteiger partial charge in [-0.05, 0) is 73.1 Å². The maximum Gasteiger partial charge on any atom is 0.407 e. The van der Waals surface area contributed by atoms with Crippen molar-refractivity contribution in [2.45, 2.75) is 50.3 Å². The van der Waals surface area contributed by atoms with Crippen LogP contribution in [0.1, 0.15) is 42.4 Å². The van der Waals surface area contributed by atoms with Crippen LogP contribution in [0.15, 0.2) is 42.5 Å². The van der Waals surface area contributed by atoms with E-state index < -0.39 is 23.4 Å². The number of halogens is 1. The summed E-state index contributed by atoms with van der Waals surface area (Å²) in [4.78, 5) is 29.0. The van der Waals surface area contributed by atoms with Crippen LogP contribution in [0.3, 0.4) is 0 Å². The van der Waals surface area contributed by atoms with Gasteiger partial charge in [0.15, 0.2) is 0 Å². The van der Waals surface area contributed by atoms with Crippen molar-refractivity contribution in [2.24, 2.45) is 5.92 Å². The molecule has 0 spiro atoms. The molecule has 1 aliphatic heterocycles. The molecule has 2 atom stereocenters. The monoisotopic (exact) mass is 558 g/mol. The standard InChI is InChI=1S/C30H39FN2O7/c1-38-12-4-5-21-15-22(17-26(16-21)40-14-13-39-2)19-33(25-8-9-25)28(34)27-20-32(29(35)36)11-10-30(27,37)23-6-3-7-24(31)18-23/h3,6-7,15-18,25,27,37H,4-5,8-14,19-20H2,1-2H3,(H,35,36)/t27-,30+/m1/s1. The lowest BCUT2D eigenvalue weighted by Crippen LogP contribution is -2.57. The number of amides is 2. The van der Waals surface area contributed by atoms with E-state index in [9.17, 15) is 24.2 Å². The van der Waals surface area contributed by atoms with Crippen LogP contribution in [0.5, 0.6) is 5.75 Å². The molecule has 2 aliphatic rings. The summed E-state index contributed by atoms with van der Waals surface area (Å²) in [6.07, 6.45) is 2.09. The summed E-state index contributed by atoms with van der Waals surface area (Å²) in [5.41, 5.74) is 0.508. The molecule has 0 aromatic heterocycles. The fourth-order valence-electron chi connectivity index (χ4n) is 5.38. The number of hydrogen-bond donors (Lipinski definition) is 2. The van der Waals surface area contributed by atoms with Crippen LogP contribution in [-0.4, -0.2) is 85.2 Å². The van der Waals surface area contributed by atoms with Crippen molar-refractivity contribution in [2.75, 3.05) is 47.1 Å². The van der Waals surface area contributed by atoms with Gasteiger partial charge in [-0.1, -0.05) is 18.2 Å². The topological polar surface area (TPSA) is 109 Å². The van der Waals surface area contributed by atoms with Crippen molar-refractivity contribution in [3.63, 3.8) is 0 Å². The fraction of sp³-hybridized carbons (Fsp3) is 0.533. The van der Waals surface area contributed by atoms with Crippen LogP contribution in [0.25, 0.3) is 0 Å². The van der Waals surface area contributed by atoms with Gasteiger partial charge in [0.2, 0.25) is 5.91 Å². The molecule has 2 N–H and O–H groups in total.